The molecular formula is C20H18FN3OS2. The van der Waals surface area contributed by atoms with Crippen LogP contribution in [0.4, 0.5) is 10.1 Å². The number of carbonyl (C=O) groups excluding carboxylic acids is 1. The molecule has 0 spiro atoms. The van der Waals surface area contributed by atoms with Gasteiger partial charge in [-0.1, -0.05) is 24.3 Å². The zero-order valence-electron chi connectivity index (χ0n) is 14.4. The van der Waals surface area contributed by atoms with E-state index in [1.807, 2.05) is 47.8 Å². The summed E-state index contributed by atoms with van der Waals surface area (Å²) >= 11 is 3.90. The lowest BCUT2D eigenvalue weighted by Crippen LogP contribution is -2.12. The van der Waals surface area contributed by atoms with E-state index in [1.165, 1.54) is 35.8 Å². The molecule has 0 aliphatic carbocycles. The predicted molar refractivity (Wildman–Crippen MR) is 111 cm³/mol. The van der Waals surface area contributed by atoms with Crippen LogP contribution in [0, 0.1) is 5.82 Å². The van der Waals surface area contributed by atoms with Crippen molar-refractivity contribution in [1.29, 1.82) is 0 Å². The van der Waals surface area contributed by atoms with Gasteiger partial charge in [-0.05, 0) is 47.8 Å². The minimum absolute atomic E-state index is 0.246. The molecule has 1 amide bonds. The lowest BCUT2D eigenvalue weighted by Gasteiger charge is -2.21. The van der Waals surface area contributed by atoms with E-state index < -0.39 is 0 Å². The number of nitrogens with zero attached hydrogens (tertiary/aromatic N) is 1. The summed E-state index contributed by atoms with van der Waals surface area (Å²) in [6.07, 6.45) is 2.74. The van der Waals surface area contributed by atoms with Crippen LogP contribution in [0.2, 0.25) is 0 Å². The minimum Gasteiger partial charge on any atom is -0.319 e. The number of carbonyl (C=O) groups is 1. The summed E-state index contributed by atoms with van der Waals surface area (Å²) in [6, 6.07) is 14.1. The van der Waals surface area contributed by atoms with Crippen LogP contribution in [0.15, 0.2) is 54.7 Å². The van der Waals surface area contributed by atoms with E-state index in [4.69, 9.17) is 0 Å². The quantitative estimate of drug-likeness (QED) is 0.622. The molecule has 4 nitrogen and oxygen atoms in total. The summed E-state index contributed by atoms with van der Waals surface area (Å²) in [4.78, 5) is 12.6. The number of rotatable bonds is 4. The average molecular weight is 400 g/mol. The number of benzene rings is 2. The summed E-state index contributed by atoms with van der Waals surface area (Å²) in [5, 5.41) is 9.53. The molecule has 2 N–H and O–H groups in total. The number of H-pyrrole nitrogens is 1. The Bertz CT molecular complexity index is 936. The van der Waals surface area contributed by atoms with Crippen LogP contribution in [0.5, 0.6) is 0 Å². The van der Waals surface area contributed by atoms with Crippen LogP contribution in [0.1, 0.15) is 26.9 Å². The lowest BCUT2D eigenvalue weighted by molar-refractivity contribution is 0.102. The smallest absolute Gasteiger partial charge is 0.255 e. The van der Waals surface area contributed by atoms with Crippen LogP contribution < -0.4 is 5.32 Å². The van der Waals surface area contributed by atoms with Crippen molar-refractivity contribution in [3.05, 3.63) is 71.7 Å². The van der Waals surface area contributed by atoms with Crippen LogP contribution in [0.25, 0.3) is 11.3 Å². The van der Waals surface area contributed by atoms with Gasteiger partial charge in [0.05, 0.1) is 22.2 Å². The highest BCUT2D eigenvalue weighted by Gasteiger charge is 2.18. The predicted octanol–water partition coefficient (Wildman–Crippen LogP) is 5.34. The third-order valence-corrected chi connectivity index (χ3v) is 7.32. The van der Waals surface area contributed by atoms with Crippen LogP contribution in [-0.2, 0) is 0 Å². The molecule has 27 heavy (non-hydrogen) atoms. The van der Waals surface area contributed by atoms with Crippen molar-refractivity contribution in [3.63, 3.8) is 0 Å². The Kier molecular flexibility index (Phi) is 5.50. The molecule has 0 saturated carbocycles. The van der Waals surface area contributed by atoms with Gasteiger partial charge in [0, 0.05) is 11.1 Å². The molecule has 2 heterocycles. The Morgan fingerprint density at radius 1 is 1.11 bits per heavy atom. The number of aromatic amines is 1. The molecule has 0 atom stereocenters. The monoisotopic (exact) mass is 399 g/mol. The third kappa shape index (κ3) is 4.04. The van der Waals surface area contributed by atoms with E-state index in [1.54, 1.807) is 18.2 Å². The molecule has 0 radical (unpaired) electrons. The van der Waals surface area contributed by atoms with Crippen molar-refractivity contribution in [1.82, 2.24) is 10.2 Å². The molecule has 7 heteroatoms. The van der Waals surface area contributed by atoms with Crippen molar-refractivity contribution in [3.8, 4) is 11.3 Å². The SMILES string of the molecule is O=C(Nc1cn[nH]c1-c1ccccc1F)c1ccc(C2SCCCS2)cc1. The van der Waals surface area contributed by atoms with Crippen molar-refractivity contribution < 1.29 is 9.18 Å². The molecule has 1 fully saturated rings. The van der Waals surface area contributed by atoms with Gasteiger partial charge in [0.2, 0.25) is 0 Å². The number of thioether (sulfide) groups is 2. The molecule has 0 bridgehead atoms. The molecule has 1 saturated heterocycles. The van der Waals surface area contributed by atoms with E-state index in [2.05, 4.69) is 15.5 Å². The number of nitrogens with one attached hydrogen (secondary N) is 2. The highest BCUT2D eigenvalue weighted by Crippen LogP contribution is 2.43. The zero-order valence-corrected chi connectivity index (χ0v) is 16.1. The third-order valence-electron chi connectivity index (χ3n) is 4.30. The van der Waals surface area contributed by atoms with E-state index in [9.17, 15) is 9.18 Å². The van der Waals surface area contributed by atoms with Gasteiger partial charge in [-0.3, -0.25) is 9.89 Å². The Labute approximate surface area is 165 Å². The Morgan fingerprint density at radius 2 is 1.85 bits per heavy atom. The fourth-order valence-corrected chi connectivity index (χ4v) is 5.81. The van der Waals surface area contributed by atoms with E-state index in [-0.39, 0.29) is 11.7 Å². The van der Waals surface area contributed by atoms with Gasteiger partial charge in [0.15, 0.2) is 0 Å². The maximum Gasteiger partial charge on any atom is 0.255 e. The van der Waals surface area contributed by atoms with Gasteiger partial charge < -0.3 is 5.32 Å². The second kappa shape index (κ2) is 8.19. The molecule has 1 aliphatic rings. The molecule has 3 aromatic rings. The van der Waals surface area contributed by atoms with Crippen molar-refractivity contribution in [2.75, 3.05) is 16.8 Å². The second-order valence-electron chi connectivity index (χ2n) is 6.14. The Balaban J connectivity index is 1.50. The second-order valence-corrected chi connectivity index (χ2v) is 8.87. The number of aromatic nitrogens is 2. The van der Waals surface area contributed by atoms with Gasteiger partial charge in [0.25, 0.3) is 5.91 Å². The summed E-state index contributed by atoms with van der Waals surface area (Å²) in [5.74, 6) is 1.74. The van der Waals surface area contributed by atoms with Crippen LogP contribution in [0.3, 0.4) is 0 Å². The molecule has 2 aromatic carbocycles. The number of halogens is 1. The maximum atomic E-state index is 14.1. The molecule has 0 unspecified atom stereocenters. The van der Waals surface area contributed by atoms with E-state index in [0.29, 0.717) is 27.1 Å². The van der Waals surface area contributed by atoms with E-state index >= 15 is 0 Å². The first-order valence-electron chi connectivity index (χ1n) is 8.65. The summed E-state index contributed by atoms with van der Waals surface area (Å²) in [6.45, 7) is 0. The molecule has 1 aliphatic heterocycles. The van der Waals surface area contributed by atoms with Gasteiger partial charge >= 0.3 is 0 Å². The average Bonchev–Trinajstić information content (AvgIpc) is 3.17. The lowest BCUT2D eigenvalue weighted by atomic mass is 10.1. The first-order chi connectivity index (χ1) is 13.2. The molecule has 4 rings (SSSR count). The Morgan fingerprint density at radius 3 is 2.59 bits per heavy atom. The van der Waals surface area contributed by atoms with Crippen molar-refractivity contribution in [2.24, 2.45) is 0 Å². The maximum absolute atomic E-state index is 14.1. The fourth-order valence-electron chi connectivity index (χ4n) is 2.92. The zero-order chi connectivity index (χ0) is 18.6. The van der Waals surface area contributed by atoms with Crippen LogP contribution >= 0.6 is 23.5 Å². The number of hydrogen-bond donors (Lipinski definition) is 2. The largest absolute Gasteiger partial charge is 0.319 e. The Hall–Kier alpha value is -2.25. The number of hydrogen-bond acceptors (Lipinski definition) is 4. The molecule has 1 aromatic heterocycles. The minimum atomic E-state index is -0.371. The normalized spacial score (nSPS) is 14.9. The molecule has 138 valence electrons. The van der Waals surface area contributed by atoms with E-state index in [0.717, 1.165) is 0 Å². The van der Waals surface area contributed by atoms with Gasteiger partial charge in [0.1, 0.15) is 5.82 Å². The van der Waals surface area contributed by atoms with Gasteiger partial charge in [-0.25, -0.2) is 4.39 Å². The number of amides is 1. The van der Waals surface area contributed by atoms with Crippen molar-refractivity contribution >= 4 is 35.1 Å². The topological polar surface area (TPSA) is 57.8 Å². The van der Waals surface area contributed by atoms with Crippen LogP contribution in [-0.4, -0.2) is 27.6 Å². The highest BCUT2D eigenvalue weighted by molar-refractivity contribution is 8.16. The molecular weight excluding hydrogens is 381 g/mol. The summed E-state index contributed by atoms with van der Waals surface area (Å²) in [5.41, 5.74) is 3.06. The summed E-state index contributed by atoms with van der Waals surface area (Å²) in [7, 11) is 0. The van der Waals surface area contributed by atoms with Gasteiger partial charge in [-0.2, -0.15) is 5.10 Å². The fraction of sp³-hybridized carbons (Fsp3) is 0.200. The van der Waals surface area contributed by atoms with Gasteiger partial charge in [-0.15, -0.1) is 23.5 Å². The standard InChI is InChI=1S/C20H18FN3OS2/c21-16-5-2-1-4-15(16)18-17(12-22-24-18)23-19(25)13-6-8-14(9-7-13)20-26-10-3-11-27-20/h1-2,4-9,12,20H,3,10-11H2,(H,22,24)(H,23,25). The first kappa shape index (κ1) is 18.1. The van der Waals surface area contributed by atoms with Crippen molar-refractivity contribution in [2.45, 2.75) is 11.0 Å². The number of anilines is 1. The first-order valence-corrected chi connectivity index (χ1v) is 10.7. The summed E-state index contributed by atoms with van der Waals surface area (Å²) < 4.78 is 14.5. The highest BCUT2D eigenvalue weighted by atomic mass is 32.2.